The van der Waals surface area contributed by atoms with E-state index < -0.39 is 23.6 Å². The van der Waals surface area contributed by atoms with Crippen LogP contribution in [0.1, 0.15) is 41.7 Å². The average Bonchev–Trinajstić information content (AvgIpc) is 2.93. The van der Waals surface area contributed by atoms with Gasteiger partial charge in [0.25, 0.3) is 5.56 Å². The lowest BCUT2D eigenvalue weighted by Crippen LogP contribution is -2.31. The Hall–Kier alpha value is -2.09. The van der Waals surface area contributed by atoms with E-state index in [2.05, 4.69) is 10.5 Å². The molecule has 8 heteroatoms. The molecule has 2 atom stereocenters. The van der Waals surface area contributed by atoms with E-state index in [4.69, 9.17) is 4.52 Å². The molecule has 1 aromatic carbocycles. The van der Waals surface area contributed by atoms with Crippen LogP contribution >= 0.6 is 0 Å². The molecule has 1 fully saturated rings. The first-order chi connectivity index (χ1) is 10.8. The second kappa shape index (κ2) is 5.84. The maximum Gasteiger partial charge on any atom is 0.416 e. The van der Waals surface area contributed by atoms with Gasteiger partial charge in [-0.15, -0.1) is 0 Å². The van der Waals surface area contributed by atoms with Gasteiger partial charge in [0.05, 0.1) is 5.56 Å². The molecule has 1 aromatic heterocycles. The second-order valence-electron chi connectivity index (χ2n) is 5.58. The Labute approximate surface area is 128 Å². The number of aromatic nitrogens is 1. The van der Waals surface area contributed by atoms with Crippen molar-refractivity contribution in [2.24, 2.45) is 0 Å². The fourth-order valence-corrected chi connectivity index (χ4v) is 2.90. The van der Waals surface area contributed by atoms with Crippen molar-refractivity contribution in [2.75, 3.05) is 6.54 Å². The number of halogens is 4. The molecule has 1 saturated heterocycles. The van der Waals surface area contributed by atoms with Crippen LogP contribution in [0.5, 0.6) is 0 Å². The van der Waals surface area contributed by atoms with E-state index in [0.717, 1.165) is 12.1 Å². The van der Waals surface area contributed by atoms with Crippen molar-refractivity contribution < 1.29 is 22.1 Å². The first-order valence-electron chi connectivity index (χ1n) is 7.13. The third-order valence-electron chi connectivity index (χ3n) is 4.05. The molecule has 1 aliphatic rings. The van der Waals surface area contributed by atoms with Gasteiger partial charge in [0, 0.05) is 23.6 Å². The molecule has 3 rings (SSSR count). The van der Waals surface area contributed by atoms with Crippen LogP contribution < -0.4 is 10.9 Å². The minimum atomic E-state index is -4.57. The summed E-state index contributed by atoms with van der Waals surface area (Å²) in [5.41, 5.74) is -1.18. The van der Waals surface area contributed by atoms with Gasteiger partial charge in [-0.3, -0.25) is 4.79 Å². The van der Waals surface area contributed by atoms with E-state index in [0.29, 0.717) is 31.2 Å². The smallest absolute Gasteiger partial charge is 0.383 e. The Morgan fingerprint density at radius 2 is 2.00 bits per heavy atom. The van der Waals surface area contributed by atoms with Gasteiger partial charge in [-0.25, -0.2) is 4.39 Å². The second-order valence-corrected chi connectivity index (χ2v) is 5.58. The van der Waals surface area contributed by atoms with Gasteiger partial charge in [-0.2, -0.15) is 18.3 Å². The van der Waals surface area contributed by atoms with E-state index in [1.807, 2.05) is 0 Å². The first-order valence-corrected chi connectivity index (χ1v) is 7.13. The molecule has 1 aliphatic heterocycles. The molecule has 2 heterocycles. The molecule has 0 bridgehead atoms. The molecule has 0 saturated carbocycles. The molecule has 23 heavy (non-hydrogen) atoms. The standard InChI is InChI=1S/C15H14F4N2O2/c16-11-6-9(15(17,18)19)1-2-10(11)12-5-8(3-4-20-12)13-7-14(22)21-23-13/h1-2,6-8,12,20H,3-5H2,(H,21,22). The summed E-state index contributed by atoms with van der Waals surface area (Å²) < 4.78 is 57.0. The van der Waals surface area contributed by atoms with Crippen LogP contribution in [-0.2, 0) is 6.18 Å². The molecule has 0 radical (unpaired) electrons. The molecule has 124 valence electrons. The van der Waals surface area contributed by atoms with Crippen LogP contribution in [-0.4, -0.2) is 11.7 Å². The highest BCUT2D eigenvalue weighted by Crippen LogP contribution is 2.36. The van der Waals surface area contributed by atoms with E-state index >= 15 is 0 Å². The van der Waals surface area contributed by atoms with Crippen LogP contribution in [0.15, 0.2) is 33.6 Å². The Morgan fingerprint density at radius 1 is 1.22 bits per heavy atom. The van der Waals surface area contributed by atoms with E-state index in [1.54, 1.807) is 0 Å². The van der Waals surface area contributed by atoms with Gasteiger partial charge in [-0.1, -0.05) is 6.07 Å². The van der Waals surface area contributed by atoms with Gasteiger partial charge >= 0.3 is 6.18 Å². The molecule has 2 aromatic rings. The monoisotopic (exact) mass is 330 g/mol. The largest absolute Gasteiger partial charge is 0.416 e. The Balaban J connectivity index is 1.82. The minimum Gasteiger partial charge on any atom is -0.383 e. The van der Waals surface area contributed by atoms with Crippen LogP contribution in [0, 0.1) is 5.82 Å². The van der Waals surface area contributed by atoms with Gasteiger partial charge in [0.15, 0.2) is 0 Å². The summed E-state index contributed by atoms with van der Waals surface area (Å²) in [5.74, 6) is -0.510. The zero-order valence-electron chi connectivity index (χ0n) is 11.9. The summed E-state index contributed by atoms with van der Waals surface area (Å²) in [4.78, 5) is 11.1. The highest BCUT2D eigenvalue weighted by atomic mass is 19.4. The summed E-state index contributed by atoms with van der Waals surface area (Å²) in [5, 5.41) is 5.30. The predicted octanol–water partition coefficient (Wildman–Crippen LogP) is 3.33. The lowest BCUT2D eigenvalue weighted by molar-refractivity contribution is -0.137. The number of nitrogens with one attached hydrogen (secondary N) is 2. The number of aromatic amines is 1. The van der Waals surface area contributed by atoms with E-state index in [1.165, 1.54) is 6.07 Å². The Kier molecular flexibility index (Phi) is 4.01. The maximum absolute atomic E-state index is 14.1. The van der Waals surface area contributed by atoms with E-state index in [-0.39, 0.29) is 17.0 Å². The normalized spacial score (nSPS) is 22.3. The number of hydrogen-bond acceptors (Lipinski definition) is 3. The van der Waals surface area contributed by atoms with Gasteiger partial charge in [0.1, 0.15) is 11.6 Å². The molecular weight excluding hydrogens is 316 g/mol. The van der Waals surface area contributed by atoms with Crippen molar-refractivity contribution >= 4 is 0 Å². The SMILES string of the molecule is O=c1cc(C2CCNC(c3ccc(C(F)(F)F)cc3F)C2)o[nH]1. The van der Waals surface area contributed by atoms with Gasteiger partial charge in [0.2, 0.25) is 0 Å². The van der Waals surface area contributed by atoms with E-state index in [9.17, 15) is 22.4 Å². The first kappa shape index (κ1) is 15.8. The quantitative estimate of drug-likeness (QED) is 0.831. The van der Waals surface area contributed by atoms with Crippen molar-refractivity contribution in [3.63, 3.8) is 0 Å². The lowest BCUT2D eigenvalue weighted by Gasteiger charge is -2.29. The summed E-state index contributed by atoms with van der Waals surface area (Å²) >= 11 is 0. The number of piperidine rings is 1. The maximum atomic E-state index is 14.1. The zero-order valence-corrected chi connectivity index (χ0v) is 11.9. The fraction of sp³-hybridized carbons (Fsp3) is 0.400. The average molecular weight is 330 g/mol. The summed E-state index contributed by atoms with van der Waals surface area (Å²) in [6, 6.07) is 3.45. The molecule has 2 N–H and O–H groups in total. The fourth-order valence-electron chi connectivity index (χ4n) is 2.90. The van der Waals surface area contributed by atoms with Crippen LogP contribution in [0.3, 0.4) is 0 Å². The van der Waals surface area contributed by atoms with Crippen molar-refractivity contribution in [1.82, 2.24) is 10.5 Å². The molecule has 4 nitrogen and oxygen atoms in total. The molecule has 2 unspecified atom stereocenters. The Morgan fingerprint density at radius 3 is 2.61 bits per heavy atom. The van der Waals surface area contributed by atoms with Crippen LogP contribution in [0.2, 0.25) is 0 Å². The molecule has 0 aliphatic carbocycles. The number of alkyl halides is 3. The molecule has 0 amide bonds. The van der Waals surface area contributed by atoms with Crippen molar-refractivity contribution in [1.29, 1.82) is 0 Å². The third-order valence-corrected chi connectivity index (χ3v) is 4.05. The highest BCUT2D eigenvalue weighted by Gasteiger charge is 2.33. The van der Waals surface area contributed by atoms with Crippen molar-refractivity contribution in [3.05, 3.63) is 57.3 Å². The number of H-pyrrole nitrogens is 1. The minimum absolute atomic E-state index is 0.0955. The number of benzene rings is 1. The lowest BCUT2D eigenvalue weighted by atomic mass is 9.87. The predicted molar refractivity (Wildman–Crippen MR) is 73.4 cm³/mol. The highest BCUT2D eigenvalue weighted by molar-refractivity contribution is 5.29. The van der Waals surface area contributed by atoms with Gasteiger partial charge in [-0.05, 0) is 31.5 Å². The van der Waals surface area contributed by atoms with Gasteiger partial charge < -0.3 is 9.84 Å². The zero-order chi connectivity index (χ0) is 16.6. The summed E-state index contributed by atoms with van der Waals surface area (Å²) in [7, 11) is 0. The van der Waals surface area contributed by atoms with Crippen molar-refractivity contribution in [2.45, 2.75) is 31.0 Å². The molecular formula is C15H14F4N2O2. The van der Waals surface area contributed by atoms with Crippen LogP contribution in [0.4, 0.5) is 17.6 Å². The topological polar surface area (TPSA) is 58.0 Å². The number of rotatable bonds is 2. The summed E-state index contributed by atoms with van der Waals surface area (Å²) in [6.45, 7) is 0.546. The van der Waals surface area contributed by atoms with Crippen molar-refractivity contribution in [3.8, 4) is 0 Å². The number of hydrogen-bond donors (Lipinski definition) is 2. The Bertz CT molecular complexity index is 750. The molecule has 0 spiro atoms. The van der Waals surface area contributed by atoms with Crippen LogP contribution in [0.25, 0.3) is 0 Å². The summed E-state index contributed by atoms with van der Waals surface area (Å²) in [6.07, 6.45) is -3.45. The third kappa shape index (κ3) is 3.31.